The molecule has 0 nitrogen and oxygen atoms in total. The van der Waals surface area contributed by atoms with Gasteiger partial charge in [-0.3, -0.25) is 0 Å². The third kappa shape index (κ3) is 2.81. The van der Waals surface area contributed by atoms with Crippen LogP contribution in [0.1, 0.15) is 93.4 Å². The van der Waals surface area contributed by atoms with Crippen molar-refractivity contribution in [3.05, 3.63) is 0 Å². The summed E-state index contributed by atoms with van der Waals surface area (Å²) in [6.45, 7) is 17.2. The fourth-order valence-electron chi connectivity index (χ4n) is 7.38. The molecule has 4 aliphatic carbocycles. The molecule has 134 valence electrons. The zero-order valence-corrected chi connectivity index (χ0v) is 17.0. The summed E-state index contributed by atoms with van der Waals surface area (Å²) in [4.78, 5) is 0. The molecule has 4 saturated carbocycles. The Bertz CT molecular complexity index is 418. The van der Waals surface area contributed by atoms with Gasteiger partial charge in [0.15, 0.2) is 0 Å². The summed E-state index contributed by atoms with van der Waals surface area (Å²) < 4.78 is 0. The van der Waals surface area contributed by atoms with Crippen LogP contribution in [-0.4, -0.2) is 0 Å². The van der Waals surface area contributed by atoms with E-state index in [9.17, 15) is 0 Å². The van der Waals surface area contributed by atoms with Crippen molar-refractivity contribution >= 4 is 0 Å². The standard InChI is InChI=1S/C13H24.C10H18/c1-9(2)11-8-10-6-7-13(11,5)12(10,3)4;1-7(2)10-6-8-3-4-9(10)5-8/h9-11H,6-8H2,1-5H3;7-10H,3-6H2,1-2H3/t10?,11-,13+;8?,9-,10+/m01/s1. The lowest BCUT2D eigenvalue weighted by molar-refractivity contribution is 0.0766. The molecule has 4 fully saturated rings. The average molecular weight is 319 g/mol. The first-order valence-corrected chi connectivity index (χ1v) is 10.7. The van der Waals surface area contributed by atoms with E-state index in [0.717, 1.165) is 41.4 Å². The van der Waals surface area contributed by atoms with Crippen LogP contribution in [0.5, 0.6) is 0 Å². The molecule has 4 aliphatic rings. The first-order chi connectivity index (χ1) is 10.7. The summed E-state index contributed by atoms with van der Waals surface area (Å²) in [7, 11) is 0. The van der Waals surface area contributed by atoms with E-state index in [1.165, 1.54) is 19.3 Å². The Hall–Kier alpha value is 0. The zero-order chi connectivity index (χ0) is 17.0. The summed E-state index contributed by atoms with van der Waals surface area (Å²) in [5.74, 6) is 7.21. The van der Waals surface area contributed by atoms with Crippen molar-refractivity contribution in [2.45, 2.75) is 93.4 Å². The third-order valence-electron chi connectivity index (χ3n) is 9.32. The molecule has 0 spiro atoms. The Morgan fingerprint density at radius 3 is 1.74 bits per heavy atom. The van der Waals surface area contributed by atoms with Crippen molar-refractivity contribution in [1.82, 2.24) is 0 Å². The number of fused-ring (bicyclic) bond motifs is 4. The van der Waals surface area contributed by atoms with Gasteiger partial charge in [-0.15, -0.1) is 0 Å². The van der Waals surface area contributed by atoms with Gasteiger partial charge in [0, 0.05) is 0 Å². The second-order valence-electron chi connectivity index (χ2n) is 11.0. The molecule has 4 rings (SSSR count). The quantitative estimate of drug-likeness (QED) is 0.505. The van der Waals surface area contributed by atoms with Crippen LogP contribution in [0.3, 0.4) is 0 Å². The minimum Gasteiger partial charge on any atom is -0.0625 e. The summed E-state index contributed by atoms with van der Waals surface area (Å²) in [6.07, 6.45) is 10.7. The van der Waals surface area contributed by atoms with Crippen molar-refractivity contribution in [2.24, 2.45) is 52.3 Å². The largest absolute Gasteiger partial charge is 0.0625 e. The number of hydrogen-bond acceptors (Lipinski definition) is 0. The minimum absolute atomic E-state index is 0.613. The molecule has 0 radical (unpaired) electrons. The first kappa shape index (κ1) is 17.8. The maximum atomic E-state index is 2.55. The molecule has 0 saturated heterocycles. The number of rotatable bonds is 2. The van der Waals surface area contributed by atoms with E-state index in [0.29, 0.717) is 10.8 Å². The zero-order valence-electron chi connectivity index (χ0n) is 17.0. The van der Waals surface area contributed by atoms with E-state index in [1.54, 1.807) is 25.7 Å². The molecule has 2 unspecified atom stereocenters. The molecule has 0 amide bonds. The highest BCUT2D eigenvalue weighted by atomic mass is 14.7. The highest BCUT2D eigenvalue weighted by molar-refractivity contribution is 5.10. The van der Waals surface area contributed by atoms with Gasteiger partial charge >= 0.3 is 0 Å². The van der Waals surface area contributed by atoms with Crippen LogP contribution in [0.25, 0.3) is 0 Å². The van der Waals surface area contributed by atoms with Crippen molar-refractivity contribution in [3.8, 4) is 0 Å². The van der Waals surface area contributed by atoms with E-state index in [-0.39, 0.29) is 0 Å². The smallest absolute Gasteiger partial charge is 0.0241 e. The van der Waals surface area contributed by atoms with Crippen molar-refractivity contribution in [1.29, 1.82) is 0 Å². The summed E-state index contributed by atoms with van der Waals surface area (Å²) >= 11 is 0. The molecular formula is C23H42. The van der Waals surface area contributed by atoms with Gasteiger partial charge in [0.05, 0.1) is 0 Å². The Balaban J connectivity index is 0.000000140. The molecule has 0 aliphatic heterocycles. The normalized spacial score (nSPS) is 46.6. The van der Waals surface area contributed by atoms with Gasteiger partial charge in [0.1, 0.15) is 0 Å². The van der Waals surface area contributed by atoms with E-state index in [4.69, 9.17) is 0 Å². The lowest BCUT2D eigenvalue weighted by Gasteiger charge is -2.41. The molecular weight excluding hydrogens is 276 g/mol. The predicted octanol–water partition coefficient (Wildman–Crippen LogP) is 7.18. The first-order valence-electron chi connectivity index (χ1n) is 10.7. The van der Waals surface area contributed by atoms with Crippen LogP contribution in [0.2, 0.25) is 0 Å². The van der Waals surface area contributed by atoms with Crippen LogP contribution in [0.15, 0.2) is 0 Å². The van der Waals surface area contributed by atoms with Crippen LogP contribution < -0.4 is 0 Å². The second kappa shape index (κ2) is 6.06. The molecule has 0 N–H and O–H groups in total. The second-order valence-corrected chi connectivity index (χ2v) is 11.0. The lowest BCUT2D eigenvalue weighted by atomic mass is 9.64. The lowest BCUT2D eigenvalue weighted by Crippen LogP contribution is -2.34. The van der Waals surface area contributed by atoms with E-state index < -0.39 is 0 Å². The topological polar surface area (TPSA) is 0 Å². The Morgan fingerprint density at radius 2 is 1.48 bits per heavy atom. The van der Waals surface area contributed by atoms with Gasteiger partial charge in [0.2, 0.25) is 0 Å². The fraction of sp³-hybridized carbons (Fsp3) is 1.00. The molecule has 0 aromatic carbocycles. The van der Waals surface area contributed by atoms with Crippen molar-refractivity contribution in [3.63, 3.8) is 0 Å². The molecule has 0 heteroatoms. The molecule has 0 aromatic rings. The summed E-state index contributed by atoms with van der Waals surface area (Å²) in [6, 6.07) is 0. The maximum Gasteiger partial charge on any atom is -0.0241 e. The van der Waals surface area contributed by atoms with Crippen LogP contribution in [-0.2, 0) is 0 Å². The highest BCUT2D eigenvalue weighted by Crippen LogP contribution is 2.69. The Morgan fingerprint density at radius 1 is 0.783 bits per heavy atom. The van der Waals surface area contributed by atoms with Crippen LogP contribution in [0.4, 0.5) is 0 Å². The van der Waals surface area contributed by atoms with Gasteiger partial charge in [0.25, 0.3) is 0 Å². The Labute approximate surface area is 146 Å². The SMILES string of the molecule is CC(C)[C@@H]1CC2CC[C@@H]1C2.CC(C)[C@@H]1CC2CC[C@@]1(C)C2(C)C. The highest BCUT2D eigenvalue weighted by Gasteiger charge is 2.61. The number of hydrogen-bond donors (Lipinski definition) is 0. The average Bonchev–Trinajstić information content (AvgIpc) is 3.18. The minimum atomic E-state index is 0.613. The van der Waals surface area contributed by atoms with Gasteiger partial charge in [-0.05, 0) is 90.8 Å². The van der Waals surface area contributed by atoms with Crippen LogP contribution in [0, 0.1) is 52.3 Å². The van der Waals surface area contributed by atoms with Gasteiger partial charge < -0.3 is 0 Å². The maximum absolute atomic E-state index is 2.55. The predicted molar refractivity (Wildman–Crippen MR) is 101 cm³/mol. The summed E-state index contributed by atoms with van der Waals surface area (Å²) in [5, 5.41) is 0. The molecule has 23 heavy (non-hydrogen) atoms. The molecule has 0 aromatic heterocycles. The fourth-order valence-corrected chi connectivity index (χ4v) is 7.38. The third-order valence-corrected chi connectivity index (χ3v) is 9.32. The Kier molecular flexibility index (Phi) is 4.70. The van der Waals surface area contributed by atoms with Gasteiger partial charge in [-0.1, -0.05) is 54.9 Å². The molecule has 6 atom stereocenters. The van der Waals surface area contributed by atoms with E-state index in [1.807, 2.05) is 0 Å². The summed E-state index contributed by atoms with van der Waals surface area (Å²) in [5.41, 5.74) is 1.26. The van der Waals surface area contributed by atoms with Gasteiger partial charge in [-0.25, -0.2) is 0 Å². The molecule has 0 heterocycles. The monoisotopic (exact) mass is 318 g/mol. The van der Waals surface area contributed by atoms with Crippen molar-refractivity contribution in [2.75, 3.05) is 0 Å². The molecule has 4 bridgehead atoms. The van der Waals surface area contributed by atoms with E-state index in [2.05, 4.69) is 48.5 Å². The van der Waals surface area contributed by atoms with E-state index >= 15 is 0 Å². The van der Waals surface area contributed by atoms with Gasteiger partial charge in [-0.2, -0.15) is 0 Å². The van der Waals surface area contributed by atoms with Crippen LogP contribution >= 0.6 is 0 Å². The van der Waals surface area contributed by atoms with Crippen molar-refractivity contribution < 1.29 is 0 Å².